The maximum Gasteiger partial charge on any atom is 0.254 e. The van der Waals surface area contributed by atoms with Gasteiger partial charge in [-0.05, 0) is 13.8 Å². The molecular formula is C6H9N3O. The zero-order valence-corrected chi connectivity index (χ0v) is 6.25. The Morgan fingerprint density at radius 1 is 1.20 bits per heavy atom. The normalized spacial score (nSPS) is 9.50. The molecule has 0 aliphatic rings. The van der Waals surface area contributed by atoms with Gasteiger partial charge in [0, 0.05) is 0 Å². The third kappa shape index (κ3) is 1.21. The Morgan fingerprint density at radius 2 is 1.90 bits per heavy atom. The highest BCUT2D eigenvalue weighted by molar-refractivity contribution is 5.13. The summed E-state index contributed by atoms with van der Waals surface area (Å²) in [6.07, 6.45) is 0. The standard InChI is InChI=1S/C6H9N3O/c1-4-6(10-3)9-8-5(2)7-4/h1-3H3. The Balaban J connectivity index is 3.07. The van der Waals surface area contributed by atoms with Crippen LogP contribution in [0.1, 0.15) is 11.5 Å². The summed E-state index contributed by atoms with van der Waals surface area (Å²) < 4.78 is 4.86. The van der Waals surface area contributed by atoms with Crippen molar-refractivity contribution in [1.29, 1.82) is 0 Å². The monoisotopic (exact) mass is 139 g/mol. The Labute approximate surface area is 59.3 Å². The molecule has 1 rings (SSSR count). The van der Waals surface area contributed by atoms with Crippen molar-refractivity contribution in [3.63, 3.8) is 0 Å². The lowest BCUT2D eigenvalue weighted by atomic mass is 10.5. The molecule has 0 amide bonds. The summed E-state index contributed by atoms with van der Waals surface area (Å²) in [5.74, 6) is 1.16. The van der Waals surface area contributed by atoms with E-state index in [1.54, 1.807) is 14.0 Å². The summed E-state index contributed by atoms with van der Waals surface area (Å²) >= 11 is 0. The number of aryl methyl sites for hydroxylation is 2. The first-order valence-corrected chi connectivity index (χ1v) is 2.96. The largest absolute Gasteiger partial charge is 0.479 e. The van der Waals surface area contributed by atoms with E-state index in [0.717, 1.165) is 5.69 Å². The third-order valence-electron chi connectivity index (χ3n) is 1.12. The Kier molecular flexibility index (Phi) is 1.80. The summed E-state index contributed by atoms with van der Waals surface area (Å²) in [5.41, 5.74) is 0.773. The molecule has 0 N–H and O–H groups in total. The Morgan fingerprint density at radius 3 is 2.40 bits per heavy atom. The molecule has 1 aromatic rings. The second-order valence-electron chi connectivity index (χ2n) is 1.95. The number of ether oxygens (including phenoxy) is 1. The minimum atomic E-state index is 0.491. The molecule has 1 heterocycles. The second kappa shape index (κ2) is 2.60. The molecule has 0 fully saturated rings. The van der Waals surface area contributed by atoms with E-state index in [1.165, 1.54) is 0 Å². The lowest BCUT2D eigenvalue weighted by molar-refractivity contribution is 0.384. The highest BCUT2D eigenvalue weighted by Gasteiger charge is 1.99. The molecule has 4 nitrogen and oxygen atoms in total. The topological polar surface area (TPSA) is 47.9 Å². The first kappa shape index (κ1) is 6.92. The van der Waals surface area contributed by atoms with E-state index in [9.17, 15) is 0 Å². The van der Waals surface area contributed by atoms with Crippen LogP contribution in [0.5, 0.6) is 5.88 Å². The number of aromatic nitrogens is 3. The van der Waals surface area contributed by atoms with Crippen LogP contribution in [0.15, 0.2) is 0 Å². The molecule has 54 valence electrons. The second-order valence-corrected chi connectivity index (χ2v) is 1.95. The number of hydrogen-bond donors (Lipinski definition) is 0. The average molecular weight is 139 g/mol. The highest BCUT2D eigenvalue weighted by atomic mass is 16.5. The lowest BCUT2D eigenvalue weighted by Gasteiger charge is -1.99. The molecule has 0 aromatic carbocycles. The van der Waals surface area contributed by atoms with Gasteiger partial charge in [-0.3, -0.25) is 0 Å². The highest BCUT2D eigenvalue weighted by Crippen LogP contribution is 2.07. The fraction of sp³-hybridized carbons (Fsp3) is 0.500. The van der Waals surface area contributed by atoms with Crippen LogP contribution >= 0.6 is 0 Å². The van der Waals surface area contributed by atoms with E-state index in [4.69, 9.17) is 4.74 Å². The van der Waals surface area contributed by atoms with Crippen LogP contribution in [-0.2, 0) is 0 Å². The van der Waals surface area contributed by atoms with Crippen LogP contribution in [0.25, 0.3) is 0 Å². The summed E-state index contributed by atoms with van der Waals surface area (Å²) in [6, 6.07) is 0. The third-order valence-corrected chi connectivity index (χ3v) is 1.12. The van der Waals surface area contributed by atoms with Gasteiger partial charge >= 0.3 is 0 Å². The van der Waals surface area contributed by atoms with Gasteiger partial charge in [0.2, 0.25) is 0 Å². The number of methoxy groups -OCH3 is 1. The number of hydrogen-bond acceptors (Lipinski definition) is 4. The molecule has 0 atom stereocenters. The van der Waals surface area contributed by atoms with E-state index in [-0.39, 0.29) is 0 Å². The SMILES string of the molecule is COc1nnc(C)nc1C. The smallest absolute Gasteiger partial charge is 0.254 e. The van der Waals surface area contributed by atoms with Crippen LogP contribution in [0, 0.1) is 13.8 Å². The van der Waals surface area contributed by atoms with Gasteiger partial charge in [-0.25, -0.2) is 4.98 Å². The Bertz CT molecular complexity index is 236. The lowest BCUT2D eigenvalue weighted by Crippen LogP contribution is -1.99. The van der Waals surface area contributed by atoms with Gasteiger partial charge in [-0.1, -0.05) is 0 Å². The van der Waals surface area contributed by atoms with Crippen LogP contribution in [0.4, 0.5) is 0 Å². The van der Waals surface area contributed by atoms with Crippen LogP contribution < -0.4 is 4.74 Å². The summed E-state index contributed by atoms with van der Waals surface area (Å²) in [6.45, 7) is 3.62. The van der Waals surface area contributed by atoms with Crippen molar-refractivity contribution < 1.29 is 4.74 Å². The maximum atomic E-state index is 4.86. The van der Waals surface area contributed by atoms with Gasteiger partial charge in [0.1, 0.15) is 11.5 Å². The predicted molar refractivity (Wildman–Crippen MR) is 35.9 cm³/mol. The van der Waals surface area contributed by atoms with Gasteiger partial charge in [0.25, 0.3) is 5.88 Å². The van der Waals surface area contributed by atoms with Crippen molar-refractivity contribution in [3.05, 3.63) is 11.5 Å². The molecule has 0 radical (unpaired) electrons. The van der Waals surface area contributed by atoms with Crippen LogP contribution in [0.3, 0.4) is 0 Å². The zero-order chi connectivity index (χ0) is 7.56. The van der Waals surface area contributed by atoms with Gasteiger partial charge in [0.05, 0.1) is 7.11 Å². The summed E-state index contributed by atoms with van der Waals surface area (Å²) in [4.78, 5) is 4.05. The molecule has 10 heavy (non-hydrogen) atoms. The van der Waals surface area contributed by atoms with Crippen molar-refractivity contribution in [3.8, 4) is 5.88 Å². The molecule has 0 aliphatic heterocycles. The first-order chi connectivity index (χ1) is 4.74. The van der Waals surface area contributed by atoms with Crippen molar-refractivity contribution in [2.45, 2.75) is 13.8 Å². The van der Waals surface area contributed by atoms with Crippen molar-refractivity contribution in [2.75, 3.05) is 7.11 Å². The molecule has 0 saturated heterocycles. The van der Waals surface area contributed by atoms with Gasteiger partial charge in [-0.2, -0.15) is 0 Å². The van der Waals surface area contributed by atoms with Gasteiger partial charge in [-0.15, -0.1) is 10.2 Å². The molecule has 1 aromatic heterocycles. The van der Waals surface area contributed by atoms with Crippen molar-refractivity contribution >= 4 is 0 Å². The predicted octanol–water partition coefficient (Wildman–Crippen LogP) is 0.497. The van der Waals surface area contributed by atoms with E-state index >= 15 is 0 Å². The van der Waals surface area contributed by atoms with E-state index in [0.29, 0.717) is 11.7 Å². The van der Waals surface area contributed by atoms with Crippen LogP contribution in [0.2, 0.25) is 0 Å². The van der Waals surface area contributed by atoms with Gasteiger partial charge in [0.15, 0.2) is 0 Å². The molecule has 0 bridgehead atoms. The van der Waals surface area contributed by atoms with Crippen molar-refractivity contribution in [1.82, 2.24) is 15.2 Å². The first-order valence-electron chi connectivity index (χ1n) is 2.96. The fourth-order valence-electron chi connectivity index (χ4n) is 0.692. The van der Waals surface area contributed by atoms with E-state index in [2.05, 4.69) is 15.2 Å². The van der Waals surface area contributed by atoms with E-state index in [1.807, 2.05) is 6.92 Å². The fourth-order valence-corrected chi connectivity index (χ4v) is 0.692. The van der Waals surface area contributed by atoms with Crippen molar-refractivity contribution in [2.24, 2.45) is 0 Å². The number of rotatable bonds is 1. The maximum absolute atomic E-state index is 4.86. The minimum Gasteiger partial charge on any atom is -0.479 e. The molecule has 0 aliphatic carbocycles. The minimum absolute atomic E-state index is 0.491. The Hall–Kier alpha value is -1.19. The zero-order valence-electron chi connectivity index (χ0n) is 6.25. The molecule has 0 saturated carbocycles. The average Bonchev–Trinajstić information content (AvgIpc) is 1.88. The van der Waals surface area contributed by atoms with E-state index < -0.39 is 0 Å². The summed E-state index contributed by atoms with van der Waals surface area (Å²) in [5, 5.41) is 7.49. The van der Waals surface area contributed by atoms with Crippen LogP contribution in [-0.4, -0.2) is 22.3 Å². The molecule has 4 heteroatoms. The molecule has 0 unspecified atom stereocenters. The summed E-state index contributed by atoms with van der Waals surface area (Å²) in [7, 11) is 1.55. The molecule has 0 spiro atoms. The number of nitrogens with zero attached hydrogens (tertiary/aromatic N) is 3. The van der Waals surface area contributed by atoms with Gasteiger partial charge < -0.3 is 4.74 Å². The quantitative estimate of drug-likeness (QED) is 0.568. The molecular weight excluding hydrogens is 130 g/mol.